The number of nitrogens with one attached hydrogen (secondary N) is 1. The van der Waals surface area contributed by atoms with Crippen LogP contribution in [0.5, 0.6) is 0 Å². The van der Waals surface area contributed by atoms with Crippen molar-refractivity contribution in [3.05, 3.63) is 40.6 Å². The van der Waals surface area contributed by atoms with Crippen molar-refractivity contribution in [2.75, 3.05) is 7.05 Å². The van der Waals surface area contributed by atoms with Gasteiger partial charge in [-0.2, -0.15) is 0 Å². The van der Waals surface area contributed by atoms with Crippen LogP contribution in [-0.4, -0.2) is 16.6 Å². The van der Waals surface area contributed by atoms with E-state index >= 15 is 0 Å². The number of rotatable bonds is 6. The average Bonchev–Trinajstić information content (AvgIpc) is 2.97. The van der Waals surface area contributed by atoms with Crippen LogP contribution in [0.1, 0.15) is 30.1 Å². The molecule has 0 amide bonds. The molecule has 0 aliphatic heterocycles. The second kappa shape index (κ2) is 5.98. The maximum atomic E-state index is 4.49. The first-order valence-electron chi connectivity index (χ1n) is 6.05. The van der Waals surface area contributed by atoms with Crippen LogP contribution in [0, 0.1) is 0 Å². The zero-order valence-electron chi connectivity index (χ0n) is 10.4. The Hall–Kier alpha value is -1.13. The molecule has 1 unspecified atom stereocenters. The fraction of sp³-hybridized carbons (Fsp3) is 0.462. The lowest BCUT2D eigenvalue weighted by molar-refractivity contribution is 0.515. The van der Waals surface area contributed by atoms with Gasteiger partial charge < -0.3 is 9.88 Å². The summed E-state index contributed by atoms with van der Waals surface area (Å²) in [6, 6.07) is 4.59. The molecule has 0 saturated carbocycles. The minimum atomic E-state index is 0.301. The smallest absolute Gasteiger partial charge is 0.126 e. The van der Waals surface area contributed by atoms with E-state index in [9.17, 15) is 0 Å². The fourth-order valence-corrected chi connectivity index (χ4v) is 2.77. The predicted octanol–water partition coefficient (Wildman–Crippen LogP) is 2.86. The van der Waals surface area contributed by atoms with Crippen molar-refractivity contribution in [2.24, 2.45) is 0 Å². The van der Waals surface area contributed by atoms with E-state index in [-0.39, 0.29) is 0 Å². The minimum Gasteiger partial charge on any atom is -0.334 e. The summed E-state index contributed by atoms with van der Waals surface area (Å²) in [5.41, 5.74) is 0. The summed E-state index contributed by atoms with van der Waals surface area (Å²) in [6.07, 6.45) is 6.11. The van der Waals surface area contributed by atoms with Gasteiger partial charge in [0.15, 0.2) is 0 Å². The molecular formula is C13H19N3S. The first-order valence-corrected chi connectivity index (χ1v) is 6.93. The van der Waals surface area contributed by atoms with E-state index < -0.39 is 0 Å². The highest BCUT2D eigenvalue weighted by molar-refractivity contribution is 7.09. The fourth-order valence-electron chi connectivity index (χ4n) is 2.01. The van der Waals surface area contributed by atoms with E-state index in [0.29, 0.717) is 6.04 Å². The molecule has 2 rings (SSSR count). The first kappa shape index (κ1) is 12.3. The van der Waals surface area contributed by atoms with E-state index in [1.807, 2.05) is 13.2 Å². The van der Waals surface area contributed by atoms with Gasteiger partial charge in [0.1, 0.15) is 5.82 Å². The van der Waals surface area contributed by atoms with Gasteiger partial charge in [0.2, 0.25) is 0 Å². The molecule has 0 radical (unpaired) electrons. The van der Waals surface area contributed by atoms with E-state index in [4.69, 9.17) is 0 Å². The zero-order chi connectivity index (χ0) is 12.1. The molecule has 1 atom stereocenters. The van der Waals surface area contributed by atoms with Crippen molar-refractivity contribution >= 4 is 11.3 Å². The second-order valence-corrected chi connectivity index (χ2v) is 5.14. The molecule has 0 spiro atoms. The molecule has 0 bridgehead atoms. The Balaban J connectivity index is 2.14. The Morgan fingerprint density at radius 3 is 3.06 bits per heavy atom. The molecule has 3 nitrogen and oxygen atoms in total. The number of aryl methyl sites for hydroxylation is 1. The number of imidazole rings is 1. The summed E-state index contributed by atoms with van der Waals surface area (Å²) in [4.78, 5) is 5.89. The lowest BCUT2D eigenvalue weighted by atomic mass is 10.1. The minimum absolute atomic E-state index is 0.301. The van der Waals surface area contributed by atoms with Gasteiger partial charge in [-0.15, -0.1) is 11.3 Å². The summed E-state index contributed by atoms with van der Waals surface area (Å²) in [5, 5.41) is 5.49. The van der Waals surface area contributed by atoms with Crippen molar-refractivity contribution < 1.29 is 0 Å². The van der Waals surface area contributed by atoms with Crippen LogP contribution in [0.4, 0.5) is 0 Å². The third-order valence-electron chi connectivity index (χ3n) is 2.86. The molecule has 1 N–H and O–H groups in total. The number of likely N-dealkylation sites (N-methyl/N-ethyl adjacent to an activating group) is 1. The highest BCUT2D eigenvalue weighted by Crippen LogP contribution is 2.20. The van der Waals surface area contributed by atoms with Crippen LogP contribution < -0.4 is 5.32 Å². The Bertz CT molecular complexity index is 433. The summed E-state index contributed by atoms with van der Waals surface area (Å²) < 4.78 is 2.24. The summed E-state index contributed by atoms with van der Waals surface area (Å²) in [6.45, 7) is 3.23. The number of aromatic nitrogens is 2. The average molecular weight is 249 g/mol. The highest BCUT2D eigenvalue weighted by atomic mass is 32.1. The molecule has 2 aromatic rings. The van der Waals surface area contributed by atoms with Gasteiger partial charge in [0, 0.05) is 30.2 Å². The van der Waals surface area contributed by atoms with Gasteiger partial charge in [-0.3, -0.25) is 0 Å². The van der Waals surface area contributed by atoms with Crippen molar-refractivity contribution in [1.29, 1.82) is 0 Å². The summed E-state index contributed by atoms with van der Waals surface area (Å²) in [5.74, 6) is 1.14. The van der Waals surface area contributed by atoms with Crippen LogP contribution in [0.2, 0.25) is 0 Å². The van der Waals surface area contributed by atoms with Gasteiger partial charge in [-0.1, -0.05) is 13.0 Å². The quantitative estimate of drug-likeness (QED) is 0.853. The van der Waals surface area contributed by atoms with Crippen LogP contribution in [-0.2, 0) is 13.0 Å². The maximum absolute atomic E-state index is 4.49. The molecule has 17 heavy (non-hydrogen) atoms. The Labute approximate surface area is 107 Å². The van der Waals surface area contributed by atoms with Crippen LogP contribution in [0.15, 0.2) is 29.9 Å². The standard InChI is InChI=1S/C13H19N3S/c1-3-7-16-8-6-15-13(16)12(14-2)10-11-5-4-9-17-11/h4-6,8-9,12,14H,3,7,10H2,1-2H3. The van der Waals surface area contributed by atoms with Gasteiger partial charge >= 0.3 is 0 Å². The van der Waals surface area contributed by atoms with Crippen molar-refractivity contribution in [3.8, 4) is 0 Å². The molecule has 0 aliphatic carbocycles. The molecule has 0 aliphatic rings. The number of hydrogen-bond acceptors (Lipinski definition) is 3. The molecule has 2 heterocycles. The second-order valence-electron chi connectivity index (χ2n) is 4.10. The van der Waals surface area contributed by atoms with Gasteiger partial charge in [0.25, 0.3) is 0 Å². The lowest BCUT2D eigenvalue weighted by Crippen LogP contribution is -2.22. The monoisotopic (exact) mass is 249 g/mol. The van der Waals surface area contributed by atoms with Crippen molar-refractivity contribution in [2.45, 2.75) is 32.4 Å². The molecule has 0 fully saturated rings. The third-order valence-corrected chi connectivity index (χ3v) is 3.76. The zero-order valence-corrected chi connectivity index (χ0v) is 11.2. The van der Waals surface area contributed by atoms with Gasteiger partial charge in [-0.05, 0) is 24.9 Å². The largest absolute Gasteiger partial charge is 0.334 e. The predicted molar refractivity (Wildman–Crippen MR) is 72.3 cm³/mol. The van der Waals surface area contributed by atoms with E-state index in [2.05, 4.69) is 45.5 Å². The SMILES string of the molecule is CCCn1ccnc1C(Cc1cccs1)NC. The number of nitrogens with zero attached hydrogens (tertiary/aromatic N) is 2. The molecule has 2 aromatic heterocycles. The van der Waals surface area contributed by atoms with Crippen LogP contribution in [0.25, 0.3) is 0 Å². The Morgan fingerprint density at radius 2 is 2.41 bits per heavy atom. The summed E-state index contributed by atoms with van der Waals surface area (Å²) in [7, 11) is 2.00. The molecule has 0 aromatic carbocycles. The molecular weight excluding hydrogens is 230 g/mol. The van der Waals surface area contributed by atoms with E-state index in [0.717, 1.165) is 25.2 Å². The number of hydrogen-bond donors (Lipinski definition) is 1. The Kier molecular flexibility index (Phi) is 4.34. The molecule has 4 heteroatoms. The summed E-state index contributed by atoms with van der Waals surface area (Å²) >= 11 is 1.81. The highest BCUT2D eigenvalue weighted by Gasteiger charge is 2.15. The van der Waals surface area contributed by atoms with E-state index in [1.165, 1.54) is 4.88 Å². The van der Waals surface area contributed by atoms with Gasteiger partial charge in [0.05, 0.1) is 6.04 Å². The maximum Gasteiger partial charge on any atom is 0.126 e. The molecule has 0 saturated heterocycles. The first-order chi connectivity index (χ1) is 8.35. The van der Waals surface area contributed by atoms with Gasteiger partial charge in [-0.25, -0.2) is 4.98 Å². The Morgan fingerprint density at radius 1 is 1.53 bits per heavy atom. The van der Waals surface area contributed by atoms with Crippen LogP contribution in [0.3, 0.4) is 0 Å². The lowest BCUT2D eigenvalue weighted by Gasteiger charge is -2.16. The van der Waals surface area contributed by atoms with Crippen LogP contribution >= 0.6 is 11.3 Å². The topological polar surface area (TPSA) is 29.9 Å². The van der Waals surface area contributed by atoms with Crippen molar-refractivity contribution in [3.63, 3.8) is 0 Å². The normalized spacial score (nSPS) is 12.8. The van der Waals surface area contributed by atoms with E-state index in [1.54, 1.807) is 11.3 Å². The number of thiophene rings is 1. The third kappa shape index (κ3) is 2.96. The molecule has 92 valence electrons. The van der Waals surface area contributed by atoms with Crippen molar-refractivity contribution in [1.82, 2.24) is 14.9 Å².